The lowest BCUT2D eigenvalue weighted by Gasteiger charge is -2.23. The molecule has 0 saturated carbocycles. The standard InChI is InChI=1S/C18H21NO2/c1-20-17-10-3-2-6-14(17)12-16(19)15-9-4-7-13-8-5-11-21-18(13)15/h2-4,6-7,9-10,16H,5,8,11-12,19H2,1H3. The van der Waals surface area contributed by atoms with Gasteiger partial charge in [-0.25, -0.2) is 0 Å². The van der Waals surface area contributed by atoms with Gasteiger partial charge in [-0.3, -0.25) is 0 Å². The fourth-order valence-electron chi connectivity index (χ4n) is 2.92. The third kappa shape index (κ3) is 2.88. The number of hydrogen-bond donors (Lipinski definition) is 1. The number of methoxy groups -OCH3 is 1. The van der Waals surface area contributed by atoms with E-state index in [0.717, 1.165) is 48.5 Å². The molecule has 21 heavy (non-hydrogen) atoms. The van der Waals surface area contributed by atoms with Gasteiger partial charge in [-0.1, -0.05) is 36.4 Å². The minimum absolute atomic E-state index is 0.0886. The Morgan fingerprint density at radius 2 is 2.05 bits per heavy atom. The van der Waals surface area contributed by atoms with Crippen molar-refractivity contribution in [3.63, 3.8) is 0 Å². The fraction of sp³-hybridized carbons (Fsp3) is 0.333. The maximum atomic E-state index is 6.44. The summed E-state index contributed by atoms with van der Waals surface area (Å²) in [5.41, 5.74) is 9.93. The third-order valence-corrected chi connectivity index (χ3v) is 4.00. The second kappa shape index (κ2) is 6.19. The average molecular weight is 283 g/mol. The Balaban J connectivity index is 1.87. The van der Waals surface area contributed by atoms with E-state index in [-0.39, 0.29) is 6.04 Å². The molecule has 1 aliphatic heterocycles. The SMILES string of the molecule is COc1ccccc1CC(N)c1cccc2c1OCCC2. The lowest BCUT2D eigenvalue weighted by Crippen LogP contribution is -2.18. The lowest BCUT2D eigenvalue weighted by molar-refractivity contribution is 0.283. The number of aryl methyl sites for hydroxylation is 1. The smallest absolute Gasteiger partial charge is 0.127 e. The van der Waals surface area contributed by atoms with Crippen molar-refractivity contribution in [1.82, 2.24) is 0 Å². The average Bonchev–Trinajstić information content (AvgIpc) is 2.54. The van der Waals surface area contributed by atoms with Crippen molar-refractivity contribution >= 4 is 0 Å². The first kappa shape index (κ1) is 14.0. The molecule has 0 bridgehead atoms. The van der Waals surface area contributed by atoms with E-state index >= 15 is 0 Å². The molecule has 0 aromatic heterocycles. The summed E-state index contributed by atoms with van der Waals surface area (Å²) in [5.74, 6) is 1.88. The summed E-state index contributed by atoms with van der Waals surface area (Å²) in [5, 5.41) is 0. The van der Waals surface area contributed by atoms with Gasteiger partial charge >= 0.3 is 0 Å². The van der Waals surface area contributed by atoms with Gasteiger partial charge in [-0.2, -0.15) is 0 Å². The molecule has 0 fully saturated rings. The molecule has 0 spiro atoms. The van der Waals surface area contributed by atoms with Gasteiger partial charge in [-0.15, -0.1) is 0 Å². The van der Waals surface area contributed by atoms with Crippen molar-refractivity contribution in [2.24, 2.45) is 5.73 Å². The first-order chi connectivity index (χ1) is 10.3. The second-order valence-electron chi connectivity index (χ2n) is 5.41. The molecule has 2 aromatic rings. The van der Waals surface area contributed by atoms with E-state index in [1.54, 1.807) is 7.11 Å². The summed E-state index contributed by atoms with van der Waals surface area (Å²) in [6, 6.07) is 14.2. The van der Waals surface area contributed by atoms with Crippen LogP contribution in [0, 0.1) is 0 Å². The molecule has 1 heterocycles. The number of benzene rings is 2. The number of ether oxygens (including phenoxy) is 2. The molecule has 0 radical (unpaired) electrons. The number of para-hydroxylation sites is 2. The topological polar surface area (TPSA) is 44.5 Å². The Labute approximate surface area is 125 Å². The number of hydrogen-bond acceptors (Lipinski definition) is 3. The van der Waals surface area contributed by atoms with Crippen molar-refractivity contribution in [3.05, 3.63) is 59.2 Å². The van der Waals surface area contributed by atoms with Gasteiger partial charge < -0.3 is 15.2 Å². The van der Waals surface area contributed by atoms with Crippen molar-refractivity contribution in [2.45, 2.75) is 25.3 Å². The number of rotatable bonds is 4. The van der Waals surface area contributed by atoms with E-state index < -0.39 is 0 Å². The molecule has 2 aromatic carbocycles. The third-order valence-electron chi connectivity index (χ3n) is 4.00. The van der Waals surface area contributed by atoms with Crippen LogP contribution in [-0.2, 0) is 12.8 Å². The predicted molar refractivity (Wildman–Crippen MR) is 83.9 cm³/mol. The lowest BCUT2D eigenvalue weighted by atomic mass is 9.94. The molecule has 2 N–H and O–H groups in total. The van der Waals surface area contributed by atoms with Crippen LogP contribution in [0.15, 0.2) is 42.5 Å². The van der Waals surface area contributed by atoms with Crippen LogP contribution in [0.25, 0.3) is 0 Å². The minimum atomic E-state index is -0.0886. The molecule has 3 nitrogen and oxygen atoms in total. The van der Waals surface area contributed by atoms with Crippen LogP contribution >= 0.6 is 0 Å². The zero-order valence-electron chi connectivity index (χ0n) is 12.3. The van der Waals surface area contributed by atoms with Crippen LogP contribution in [0.3, 0.4) is 0 Å². The molecule has 0 aliphatic carbocycles. The Morgan fingerprint density at radius 3 is 2.90 bits per heavy atom. The molecule has 1 unspecified atom stereocenters. The normalized spacial score (nSPS) is 15.0. The monoisotopic (exact) mass is 283 g/mol. The molecule has 3 rings (SSSR count). The van der Waals surface area contributed by atoms with E-state index in [2.05, 4.69) is 24.3 Å². The quantitative estimate of drug-likeness (QED) is 0.936. The maximum Gasteiger partial charge on any atom is 0.127 e. The van der Waals surface area contributed by atoms with Crippen LogP contribution in [0.2, 0.25) is 0 Å². The first-order valence-corrected chi connectivity index (χ1v) is 7.41. The van der Waals surface area contributed by atoms with Crippen LogP contribution in [0.4, 0.5) is 0 Å². The molecular formula is C18H21NO2. The summed E-state index contributed by atoms with van der Waals surface area (Å²) in [6.45, 7) is 0.783. The van der Waals surface area contributed by atoms with Crippen molar-refractivity contribution in [3.8, 4) is 11.5 Å². The van der Waals surface area contributed by atoms with Gasteiger partial charge in [0.15, 0.2) is 0 Å². The molecule has 110 valence electrons. The highest BCUT2D eigenvalue weighted by Crippen LogP contribution is 2.34. The van der Waals surface area contributed by atoms with E-state index in [1.165, 1.54) is 5.56 Å². The number of fused-ring (bicyclic) bond motifs is 1. The van der Waals surface area contributed by atoms with Gasteiger partial charge in [0.05, 0.1) is 13.7 Å². The molecule has 1 atom stereocenters. The van der Waals surface area contributed by atoms with E-state index in [4.69, 9.17) is 15.2 Å². The van der Waals surface area contributed by atoms with Crippen LogP contribution in [0.1, 0.15) is 29.2 Å². The van der Waals surface area contributed by atoms with Gasteiger partial charge in [0.1, 0.15) is 11.5 Å². The Kier molecular flexibility index (Phi) is 4.11. The van der Waals surface area contributed by atoms with Crippen molar-refractivity contribution in [2.75, 3.05) is 13.7 Å². The van der Waals surface area contributed by atoms with Gasteiger partial charge in [0, 0.05) is 11.6 Å². The van der Waals surface area contributed by atoms with Crippen LogP contribution in [-0.4, -0.2) is 13.7 Å². The summed E-state index contributed by atoms with van der Waals surface area (Å²) < 4.78 is 11.3. The fourth-order valence-corrected chi connectivity index (χ4v) is 2.92. The summed E-state index contributed by atoms with van der Waals surface area (Å²) in [7, 11) is 1.69. The second-order valence-corrected chi connectivity index (χ2v) is 5.41. The molecular weight excluding hydrogens is 262 g/mol. The first-order valence-electron chi connectivity index (χ1n) is 7.41. The predicted octanol–water partition coefficient (Wildman–Crippen LogP) is 3.26. The largest absolute Gasteiger partial charge is 0.496 e. The van der Waals surface area contributed by atoms with Gasteiger partial charge in [0.2, 0.25) is 0 Å². The van der Waals surface area contributed by atoms with Gasteiger partial charge in [-0.05, 0) is 36.5 Å². The van der Waals surface area contributed by atoms with E-state index in [9.17, 15) is 0 Å². The van der Waals surface area contributed by atoms with Gasteiger partial charge in [0.25, 0.3) is 0 Å². The van der Waals surface area contributed by atoms with Crippen molar-refractivity contribution < 1.29 is 9.47 Å². The molecule has 0 amide bonds. The van der Waals surface area contributed by atoms with Crippen molar-refractivity contribution in [1.29, 1.82) is 0 Å². The summed E-state index contributed by atoms with van der Waals surface area (Å²) in [6.07, 6.45) is 2.90. The minimum Gasteiger partial charge on any atom is -0.496 e. The zero-order valence-corrected chi connectivity index (χ0v) is 12.3. The Morgan fingerprint density at radius 1 is 1.19 bits per heavy atom. The Hall–Kier alpha value is -2.00. The summed E-state index contributed by atoms with van der Waals surface area (Å²) >= 11 is 0. The molecule has 0 saturated heterocycles. The maximum absolute atomic E-state index is 6.44. The van der Waals surface area contributed by atoms with E-state index in [0.29, 0.717) is 0 Å². The van der Waals surface area contributed by atoms with E-state index in [1.807, 2.05) is 18.2 Å². The number of nitrogens with two attached hydrogens (primary N) is 1. The van der Waals surface area contributed by atoms with Crippen LogP contribution in [0.5, 0.6) is 11.5 Å². The highest BCUT2D eigenvalue weighted by Gasteiger charge is 2.19. The molecule has 3 heteroatoms. The summed E-state index contributed by atoms with van der Waals surface area (Å²) in [4.78, 5) is 0. The van der Waals surface area contributed by atoms with Crippen LogP contribution < -0.4 is 15.2 Å². The zero-order chi connectivity index (χ0) is 14.7. The Bertz CT molecular complexity index is 624. The highest BCUT2D eigenvalue weighted by atomic mass is 16.5. The highest BCUT2D eigenvalue weighted by molar-refractivity contribution is 5.45. The molecule has 1 aliphatic rings.